The first-order valence-corrected chi connectivity index (χ1v) is 11.4. The molecule has 1 aliphatic heterocycles. The van der Waals surface area contributed by atoms with Crippen molar-refractivity contribution in [3.8, 4) is 22.6 Å². The minimum absolute atomic E-state index is 0.0625. The zero-order valence-corrected chi connectivity index (χ0v) is 19.8. The third kappa shape index (κ3) is 3.64. The van der Waals surface area contributed by atoms with Crippen LogP contribution >= 0.6 is 0 Å². The Labute approximate surface area is 191 Å². The van der Waals surface area contributed by atoms with Crippen LogP contribution in [0.2, 0.25) is 0 Å². The number of fused-ring (bicyclic) bond motifs is 2. The van der Waals surface area contributed by atoms with E-state index in [4.69, 9.17) is 4.74 Å². The molecule has 0 spiro atoms. The molecule has 0 aliphatic carbocycles. The Bertz CT molecular complexity index is 1320. The minimum atomic E-state index is 0.0625. The van der Waals surface area contributed by atoms with Crippen LogP contribution in [0.4, 0.5) is 11.4 Å². The molecule has 1 heterocycles. The van der Waals surface area contributed by atoms with Crippen LogP contribution in [0.3, 0.4) is 0 Å². The summed E-state index contributed by atoms with van der Waals surface area (Å²) in [5, 5.41) is 5.97. The fourth-order valence-corrected chi connectivity index (χ4v) is 4.37. The van der Waals surface area contributed by atoms with Gasteiger partial charge in [0.25, 0.3) is 0 Å². The molecule has 1 aliphatic rings. The molecule has 4 aromatic rings. The Kier molecular flexibility index (Phi) is 4.60. The monoisotopic (exact) mass is 421 g/mol. The Balaban J connectivity index is 1.52. The lowest BCUT2D eigenvalue weighted by Crippen LogP contribution is -2.11. The van der Waals surface area contributed by atoms with Crippen LogP contribution in [-0.4, -0.2) is 0 Å². The fraction of sp³-hybridized carbons (Fsp3) is 0.267. The molecule has 0 fully saturated rings. The predicted molar refractivity (Wildman–Crippen MR) is 137 cm³/mol. The van der Waals surface area contributed by atoms with Gasteiger partial charge in [0, 0.05) is 28.4 Å². The second-order valence-electron chi connectivity index (χ2n) is 10.9. The molecule has 0 saturated carbocycles. The molecule has 0 unspecified atom stereocenters. The predicted octanol–water partition coefficient (Wildman–Crippen LogP) is 8.95. The van der Waals surface area contributed by atoms with Crippen molar-refractivity contribution in [1.29, 1.82) is 0 Å². The van der Waals surface area contributed by atoms with Gasteiger partial charge in [0.15, 0.2) is 0 Å². The lowest BCUT2D eigenvalue weighted by atomic mass is 9.84. The molecule has 0 aromatic heterocycles. The van der Waals surface area contributed by atoms with Crippen molar-refractivity contribution in [3.05, 3.63) is 83.9 Å². The molecule has 0 atom stereocenters. The average Bonchev–Trinajstić information content (AvgIpc) is 2.73. The van der Waals surface area contributed by atoms with Crippen molar-refractivity contribution in [2.24, 2.45) is 0 Å². The number of benzene rings is 4. The molecule has 0 bridgehead atoms. The highest BCUT2D eigenvalue weighted by atomic mass is 16.5. The van der Waals surface area contributed by atoms with Crippen LogP contribution in [0.1, 0.15) is 52.7 Å². The van der Waals surface area contributed by atoms with E-state index in [-0.39, 0.29) is 10.8 Å². The molecule has 0 saturated heterocycles. The van der Waals surface area contributed by atoms with Gasteiger partial charge in [-0.25, -0.2) is 0 Å². The fourth-order valence-electron chi connectivity index (χ4n) is 4.37. The number of nitrogens with one attached hydrogen (secondary N) is 1. The quantitative estimate of drug-likeness (QED) is 0.307. The Hall–Kier alpha value is -3.26. The summed E-state index contributed by atoms with van der Waals surface area (Å²) in [4.78, 5) is 0. The highest BCUT2D eigenvalue weighted by Crippen LogP contribution is 2.48. The van der Waals surface area contributed by atoms with Gasteiger partial charge in [-0.3, -0.25) is 0 Å². The summed E-state index contributed by atoms with van der Waals surface area (Å²) in [5.74, 6) is 1.84. The maximum atomic E-state index is 6.49. The Morgan fingerprint density at radius 1 is 0.594 bits per heavy atom. The molecule has 0 radical (unpaired) electrons. The van der Waals surface area contributed by atoms with Gasteiger partial charge in [0.2, 0.25) is 0 Å². The molecule has 0 amide bonds. The van der Waals surface area contributed by atoms with E-state index in [0.29, 0.717) is 0 Å². The number of ether oxygens (including phenoxy) is 1. The number of anilines is 2. The highest BCUT2D eigenvalue weighted by Gasteiger charge is 2.24. The van der Waals surface area contributed by atoms with Gasteiger partial charge in [0.05, 0.1) is 0 Å². The van der Waals surface area contributed by atoms with Crippen LogP contribution in [0, 0.1) is 0 Å². The summed E-state index contributed by atoms with van der Waals surface area (Å²) in [6, 6.07) is 26.1. The van der Waals surface area contributed by atoms with Gasteiger partial charge >= 0.3 is 0 Å². The third-order valence-corrected chi connectivity index (χ3v) is 6.34. The zero-order valence-electron chi connectivity index (χ0n) is 19.8. The normalized spacial score (nSPS) is 12.9. The van der Waals surface area contributed by atoms with E-state index in [0.717, 1.165) is 28.4 Å². The first-order chi connectivity index (χ1) is 15.1. The molecule has 2 heteroatoms. The standard InChI is InChI=1S/C30H31NO/c1-29(2,3)20-10-12-22(13-11-20)31-23-14-15-24-25-9-7-8-19-16-21(30(4,5)6)17-27(28(19)25)32-26(24)18-23/h7-18,31H,1-6H3. The molecule has 162 valence electrons. The average molecular weight is 422 g/mol. The molecule has 5 rings (SSSR count). The van der Waals surface area contributed by atoms with Crippen molar-refractivity contribution in [3.63, 3.8) is 0 Å². The van der Waals surface area contributed by atoms with E-state index < -0.39 is 0 Å². The molecule has 4 aromatic carbocycles. The lowest BCUT2D eigenvalue weighted by molar-refractivity contribution is 0.483. The highest BCUT2D eigenvalue weighted by molar-refractivity contribution is 6.04. The van der Waals surface area contributed by atoms with E-state index in [9.17, 15) is 0 Å². The van der Waals surface area contributed by atoms with E-state index in [2.05, 4.69) is 120 Å². The zero-order chi connectivity index (χ0) is 22.7. The van der Waals surface area contributed by atoms with Gasteiger partial charge in [0.1, 0.15) is 11.5 Å². The smallest absolute Gasteiger partial charge is 0.137 e. The van der Waals surface area contributed by atoms with Crippen LogP contribution in [0.15, 0.2) is 72.8 Å². The Morgan fingerprint density at radius 3 is 1.97 bits per heavy atom. The summed E-state index contributed by atoms with van der Waals surface area (Å²) in [7, 11) is 0. The second kappa shape index (κ2) is 7.13. The van der Waals surface area contributed by atoms with Crippen LogP contribution < -0.4 is 10.1 Å². The van der Waals surface area contributed by atoms with Crippen molar-refractivity contribution >= 4 is 22.1 Å². The molecule has 2 nitrogen and oxygen atoms in total. The molecule has 32 heavy (non-hydrogen) atoms. The molecular weight excluding hydrogens is 390 g/mol. The first-order valence-electron chi connectivity index (χ1n) is 11.4. The molecule has 1 N–H and O–H groups in total. The first kappa shape index (κ1) is 20.6. The van der Waals surface area contributed by atoms with Gasteiger partial charge in [-0.05, 0) is 63.2 Å². The van der Waals surface area contributed by atoms with Crippen molar-refractivity contribution < 1.29 is 4.74 Å². The van der Waals surface area contributed by atoms with Crippen LogP contribution in [0.25, 0.3) is 21.9 Å². The van der Waals surface area contributed by atoms with E-state index in [1.54, 1.807) is 0 Å². The van der Waals surface area contributed by atoms with E-state index in [1.165, 1.54) is 27.5 Å². The minimum Gasteiger partial charge on any atom is -0.456 e. The maximum absolute atomic E-state index is 6.49. The van der Waals surface area contributed by atoms with Crippen molar-refractivity contribution in [2.45, 2.75) is 52.4 Å². The summed E-state index contributed by atoms with van der Waals surface area (Å²) in [6.45, 7) is 13.4. The number of hydrogen-bond acceptors (Lipinski definition) is 2. The SMILES string of the molecule is CC(C)(C)c1ccc(Nc2ccc3c(c2)Oc2cc(C(C)(C)C)cc4cccc-3c24)cc1. The van der Waals surface area contributed by atoms with Crippen LogP contribution in [0.5, 0.6) is 11.5 Å². The van der Waals surface area contributed by atoms with Crippen molar-refractivity contribution in [2.75, 3.05) is 5.32 Å². The number of hydrogen-bond donors (Lipinski definition) is 1. The lowest BCUT2D eigenvalue weighted by Gasteiger charge is -2.26. The largest absolute Gasteiger partial charge is 0.456 e. The topological polar surface area (TPSA) is 21.3 Å². The maximum Gasteiger partial charge on any atom is 0.137 e. The van der Waals surface area contributed by atoms with E-state index >= 15 is 0 Å². The van der Waals surface area contributed by atoms with Gasteiger partial charge in [-0.2, -0.15) is 0 Å². The Morgan fingerprint density at radius 2 is 1.28 bits per heavy atom. The second-order valence-corrected chi connectivity index (χ2v) is 10.9. The van der Waals surface area contributed by atoms with Gasteiger partial charge in [-0.1, -0.05) is 77.9 Å². The van der Waals surface area contributed by atoms with Gasteiger partial charge in [-0.15, -0.1) is 0 Å². The summed E-state index contributed by atoms with van der Waals surface area (Å²) in [5.41, 5.74) is 7.30. The summed E-state index contributed by atoms with van der Waals surface area (Å²) < 4.78 is 6.49. The van der Waals surface area contributed by atoms with Crippen LogP contribution in [-0.2, 0) is 10.8 Å². The summed E-state index contributed by atoms with van der Waals surface area (Å²) in [6.07, 6.45) is 0. The van der Waals surface area contributed by atoms with Gasteiger partial charge < -0.3 is 10.1 Å². The molecular formula is C30H31NO. The number of rotatable bonds is 2. The van der Waals surface area contributed by atoms with Crippen molar-refractivity contribution in [1.82, 2.24) is 0 Å². The summed E-state index contributed by atoms with van der Waals surface area (Å²) >= 11 is 0. The third-order valence-electron chi connectivity index (χ3n) is 6.34. The van der Waals surface area contributed by atoms with E-state index in [1.807, 2.05) is 0 Å².